The molecule has 1 saturated heterocycles. The summed E-state index contributed by atoms with van der Waals surface area (Å²) in [7, 11) is 1.96. The van der Waals surface area contributed by atoms with Gasteiger partial charge >= 0.3 is 0 Å². The molecule has 0 unspecified atom stereocenters. The van der Waals surface area contributed by atoms with Gasteiger partial charge in [0.05, 0.1) is 28.9 Å². The number of amides is 1. The van der Waals surface area contributed by atoms with Gasteiger partial charge in [-0.25, -0.2) is 4.39 Å². The van der Waals surface area contributed by atoms with Crippen LogP contribution in [0, 0.1) is 5.82 Å². The summed E-state index contributed by atoms with van der Waals surface area (Å²) >= 11 is 5.74. The van der Waals surface area contributed by atoms with Gasteiger partial charge in [0, 0.05) is 6.54 Å². The SMILES string of the molecule is CN1CC[C@@H](NC(=O)c2ccoc2)[C@@H]1c1ccc(Cl)c(F)c1. The van der Waals surface area contributed by atoms with Crippen LogP contribution < -0.4 is 5.32 Å². The predicted molar refractivity (Wildman–Crippen MR) is 81.4 cm³/mol. The van der Waals surface area contributed by atoms with Gasteiger partial charge < -0.3 is 9.73 Å². The summed E-state index contributed by atoms with van der Waals surface area (Å²) in [6, 6.07) is 6.23. The van der Waals surface area contributed by atoms with Crippen molar-refractivity contribution in [1.82, 2.24) is 10.2 Å². The molecule has 1 aromatic heterocycles. The van der Waals surface area contributed by atoms with Gasteiger partial charge in [-0.3, -0.25) is 9.69 Å². The van der Waals surface area contributed by atoms with Gasteiger partial charge in [0.15, 0.2) is 0 Å². The van der Waals surface area contributed by atoms with Gasteiger partial charge in [-0.05, 0) is 37.2 Å². The molecule has 6 heteroatoms. The zero-order chi connectivity index (χ0) is 15.7. The van der Waals surface area contributed by atoms with Gasteiger partial charge in [-0.2, -0.15) is 0 Å². The minimum absolute atomic E-state index is 0.0809. The Kier molecular flexibility index (Phi) is 4.18. The third-order valence-corrected chi connectivity index (χ3v) is 4.34. The van der Waals surface area contributed by atoms with Crippen LogP contribution in [0.25, 0.3) is 0 Å². The number of hydrogen-bond acceptors (Lipinski definition) is 3. The monoisotopic (exact) mass is 322 g/mol. The summed E-state index contributed by atoms with van der Waals surface area (Å²) in [6.45, 7) is 0.825. The molecule has 1 fully saturated rings. The fraction of sp³-hybridized carbons (Fsp3) is 0.312. The zero-order valence-corrected chi connectivity index (χ0v) is 12.8. The van der Waals surface area contributed by atoms with E-state index in [1.165, 1.54) is 18.6 Å². The summed E-state index contributed by atoms with van der Waals surface area (Å²) in [4.78, 5) is 14.3. The second kappa shape index (κ2) is 6.10. The van der Waals surface area contributed by atoms with Crippen LogP contribution in [0.5, 0.6) is 0 Å². The van der Waals surface area contributed by atoms with E-state index in [1.807, 2.05) is 7.05 Å². The second-order valence-electron chi connectivity index (χ2n) is 5.48. The average Bonchev–Trinajstić information content (AvgIpc) is 3.13. The molecule has 2 atom stereocenters. The Morgan fingerprint density at radius 3 is 2.95 bits per heavy atom. The van der Waals surface area contributed by atoms with Gasteiger partial charge in [-0.1, -0.05) is 17.7 Å². The molecule has 0 radical (unpaired) electrons. The lowest BCUT2D eigenvalue weighted by atomic mass is 9.99. The van der Waals surface area contributed by atoms with Crippen molar-refractivity contribution >= 4 is 17.5 Å². The number of rotatable bonds is 3. The van der Waals surface area contributed by atoms with Crippen molar-refractivity contribution in [2.24, 2.45) is 0 Å². The molecule has 116 valence electrons. The first-order valence-corrected chi connectivity index (χ1v) is 7.42. The van der Waals surface area contributed by atoms with Crippen molar-refractivity contribution in [2.75, 3.05) is 13.6 Å². The Labute approximate surface area is 132 Å². The van der Waals surface area contributed by atoms with E-state index < -0.39 is 5.82 Å². The molecule has 1 aromatic carbocycles. The summed E-state index contributed by atoms with van der Waals surface area (Å²) in [5, 5.41) is 3.10. The highest BCUT2D eigenvalue weighted by Crippen LogP contribution is 2.32. The van der Waals surface area contributed by atoms with Crippen LogP contribution in [-0.4, -0.2) is 30.4 Å². The number of benzene rings is 1. The highest BCUT2D eigenvalue weighted by Gasteiger charge is 2.34. The van der Waals surface area contributed by atoms with Crippen molar-refractivity contribution in [3.63, 3.8) is 0 Å². The van der Waals surface area contributed by atoms with E-state index in [1.54, 1.807) is 18.2 Å². The van der Waals surface area contributed by atoms with Gasteiger partial charge in [0.25, 0.3) is 5.91 Å². The third-order valence-electron chi connectivity index (χ3n) is 4.03. The van der Waals surface area contributed by atoms with E-state index in [-0.39, 0.29) is 23.0 Å². The van der Waals surface area contributed by atoms with Crippen LogP contribution in [-0.2, 0) is 0 Å². The fourth-order valence-corrected chi connectivity index (χ4v) is 3.04. The summed E-state index contributed by atoms with van der Waals surface area (Å²) < 4.78 is 18.6. The normalized spacial score (nSPS) is 22.0. The molecule has 1 N–H and O–H groups in total. The minimum atomic E-state index is -0.445. The lowest BCUT2D eigenvalue weighted by molar-refractivity contribution is 0.0927. The molecule has 1 aliphatic rings. The minimum Gasteiger partial charge on any atom is -0.472 e. The Morgan fingerprint density at radius 2 is 2.27 bits per heavy atom. The van der Waals surface area contributed by atoms with Gasteiger partial charge in [0.1, 0.15) is 12.1 Å². The maximum atomic E-state index is 13.7. The van der Waals surface area contributed by atoms with E-state index in [4.69, 9.17) is 16.0 Å². The standard InChI is InChI=1S/C16H16ClFN2O2/c1-20-6-4-14(19-16(21)11-5-7-22-9-11)15(20)10-2-3-12(17)13(18)8-10/h2-3,5,7-9,14-15H,4,6H2,1H3,(H,19,21)/t14-,15+/m1/s1. The van der Waals surface area contributed by atoms with Crippen LogP contribution in [0.1, 0.15) is 28.4 Å². The van der Waals surface area contributed by atoms with Crippen LogP contribution in [0.4, 0.5) is 4.39 Å². The molecule has 22 heavy (non-hydrogen) atoms. The number of hydrogen-bond donors (Lipinski definition) is 1. The molecule has 2 aromatic rings. The van der Waals surface area contributed by atoms with E-state index in [0.717, 1.165) is 18.5 Å². The number of carbonyl (C=O) groups is 1. The topological polar surface area (TPSA) is 45.5 Å². The summed E-state index contributed by atoms with van der Waals surface area (Å²) in [6.07, 6.45) is 3.67. The molecule has 2 heterocycles. The quantitative estimate of drug-likeness (QED) is 0.943. The molecule has 1 aliphatic heterocycles. The first kappa shape index (κ1) is 15.1. The van der Waals surface area contributed by atoms with Crippen molar-refractivity contribution in [3.05, 3.63) is 58.8 Å². The van der Waals surface area contributed by atoms with Gasteiger partial charge in [0.2, 0.25) is 0 Å². The Balaban J connectivity index is 1.81. The summed E-state index contributed by atoms with van der Waals surface area (Å²) in [5.41, 5.74) is 1.29. The Morgan fingerprint density at radius 1 is 1.45 bits per heavy atom. The van der Waals surface area contributed by atoms with Crippen molar-refractivity contribution in [3.8, 4) is 0 Å². The first-order chi connectivity index (χ1) is 10.6. The lowest BCUT2D eigenvalue weighted by Crippen LogP contribution is -2.38. The van der Waals surface area contributed by atoms with E-state index in [9.17, 15) is 9.18 Å². The first-order valence-electron chi connectivity index (χ1n) is 7.04. The lowest BCUT2D eigenvalue weighted by Gasteiger charge is -2.26. The number of likely N-dealkylation sites (N-methyl/N-ethyl adjacent to an activating group) is 1. The molecule has 0 saturated carbocycles. The number of halogens is 2. The Bertz CT molecular complexity index is 675. The summed E-state index contributed by atoms with van der Waals surface area (Å²) in [5.74, 6) is -0.632. The maximum absolute atomic E-state index is 13.7. The van der Waals surface area contributed by atoms with Gasteiger partial charge in [-0.15, -0.1) is 0 Å². The largest absolute Gasteiger partial charge is 0.472 e. The van der Waals surface area contributed by atoms with Crippen molar-refractivity contribution < 1.29 is 13.6 Å². The Hall–Kier alpha value is -1.85. The molecule has 0 spiro atoms. The maximum Gasteiger partial charge on any atom is 0.254 e. The number of nitrogens with zero attached hydrogens (tertiary/aromatic N) is 1. The smallest absolute Gasteiger partial charge is 0.254 e. The molecule has 4 nitrogen and oxygen atoms in total. The molecule has 0 bridgehead atoms. The molecular weight excluding hydrogens is 307 g/mol. The predicted octanol–water partition coefficient (Wildman–Crippen LogP) is 3.25. The second-order valence-corrected chi connectivity index (χ2v) is 5.89. The van der Waals surface area contributed by atoms with E-state index >= 15 is 0 Å². The van der Waals surface area contributed by atoms with Crippen LogP contribution in [0.2, 0.25) is 5.02 Å². The van der Waals surface area contributed by atoms with E-state index in [2.05, 4.69) is 10.2 Å². The number of nitrogens with one attached hydrogen (secondary N) is 1. The van der Waals surface area contributed by atoms with E-state index in [0.29, 0.717) is 5.56 Å². The van der Waals surface area contributed by atoms with Crippen molar-refractivity contribution in [1.29, 1.82) is 0 Å². The highest BCUT2D eigenvalue weighted by atomic mass is 35.5. The fourth-order valence-electron chi connectivity index (χ4n) is 2.93. The zero-order valence-electron chi connectivity index (χ0n) is 12.1. The number of furan rings is 1. The molecule has 1 amide bonds. The number of likely N-dealkylation sites (tertiary alicyclic amines) is 1. The van der Waals surface area contributed by atoms with Crippen molar-refractivity contribution in [2.45, 2.75) is 18.5 Å². The average molecular weight is 323 g/mol. The molecular formula is C16H16ClFN2O2. The van der Waals surface area contributed by atoms with Crippen LogP contribution >= 0.6 is 11.6 Å². The van der Waals surface area contributed by atoms with Crippen LogP contribution in [0.3, 0.4) is 0 Å². The molecule has 0 aliphatic carbocycles. The van der Waals surface area contributed by atoms with Crippen LogP contribution in [0.15, 0.2) is 41.2 Å². The third kappa shape index (κ3) is 2.87. The highest BCUT2D eigenvalue weighted by molar-refractivity contribution is 6.30. The number of carbonyl (C=O) groups excluding carboxylic acids is 1. The molecule has 3 rings (SSSR count).